The largest absolute Gasteiger partial charge is 0.378 e. The molecule has 8 nitrogen and oxygen atoms in total. The van der Waals surface area contributed by atoms with Gasteiger partial charge in [0.25, 0.3) is 10.0 Å². The highest BCUT2D eigenvalue weighted by molar-refractivity contribution is 7.92. The molecule has 176 valence electrons. The summed E-state index contributed by atoms with van der Waals surface area (Å²) >= 11 is 0. The minimum atomic E-state index is -3.94. The van der Waals surface area contributed by atoms with Crippen LogP contribution in [0.3, 0.4) is 0 Å². The van der Waals surface area contributed by atoms with E-state index in [1.807, 2.05) is 17.9 Å². The molecule has 2 aromatic rings. The second kappa shape index (κ2) is 9.78. The van der Waals surface area contributed by atoms with E-state index in [4.69, 9.17) is 4.74 Å². The average Bonchev–Trinajstić information content (AvgIpc) is 2.76. The van der Waals surface area contributed by atoms with E-state index in [1.54, 1.807) is 39.0 Å². The highest BCUT2D eigenvalue weighted by atomic mass is 32.2. The molecule has 0 aromatic heterocycles. The van der Waals surface area contributed by atoms with Gasteiger partial charge in [-0.3, -0.25) is 4.72 Å². The first kappa shape index (κ1) is 24.5. The van der Waals surface area contributed by atoms with E-state index in [9.17, 15) is 16.8 Å². The van der Waals surface area contributed by atoms with Gasteiger partial charge in [-0.25, -0.2) is 16.8 Å². The fraction of sp³-hybridized carbons (Fsp3) is 0.455. The molecule has 1 fully saturated rings. The molecule has 0 bridgehead atoms. The van der Waals surface area contributed by atoms with Crippen LogP contribution in [0, 0.1) is 13.8 Å². The summed E-state index contributed by atoms with van der Waals surface area (Å²) in [5.74, 6) is 0. The Morgan fingerprint density at radius 1 is 0.969 bits per heavy atom. The summed E-state index contributed by atoms with van der Waals surface area (Å²) in [6, 6.07) is 9.85. The number of hydrogen-bond donors (Lipinski definition) is 1. The summed E-state index contributed by atoms with van der Waals surface area (Å²) in [6.07, 6.45) is 0. The van der Waals surface area contributed by atoms with E-state index in [1.165, 1.54) is 16.4 Å². The molecule has 1 aliphatic rings. The first-order valence-corrected chi connectivity index (χ1v) is 13.6. The first-order valence-electron chi connectivity index (χ1n) is 10.7. The summed E-state index contributed by atoms with van der Waals surface area (Å²) in [4.78, 5) is 2.22. The number of benzene rings is 2. The number of rotatable bonds is 8. The number of morpholine rings is 1. The van der Waals surface area contributed by atoms with Crippen molar-refractivity contribution in [2.75, 3.05) is 49.0 Å². The summed E-state index contributed by atoms with van der Waals surface area (Å²) in [5.41, 5.74) is 2.30. The molecule has 0 unspecified atom stereocenters. The number of hydrogen-bond acceptors (Lipinski definition) is 6. The normalized spacial score (nSPS) is 15.2. The summed E-state index contributed by atoms with van der Waals surface area (Å²) in [6.45, 7) is 9.96. The van der Waals surface area contributed by atoms with Gasteiger partial charge in [0.2, 0.25) is 10.0 Å². The minimum Gasteiger partial charge on any atom is -0.378 e. The SMILES string of the molecule is CCN(CC)S(=O)(=O)c1ccc(N2CCOCC2)c(NS(=O)(=O)c2cc(C)ccc2C)c1. The lowest BCUT2D eigenvalue weighted by Gasteiger charge is -2.31. The Hall–Kier alpha value is -2.14. The Bertz CT molecular complexity index is 1170. The molecule has 10 heteroatoms. The third-order valence-corrected chi connectivity index (χ3v) is 9.09. The molecule has 32 heavy (non-hydrogen) atoms. The molecule has 0 spiro atoms. The fourth-order valence-corrected chi connectivity index (χ4v) is 6.63. The van der Waals surface area contributed by atoms with E-state index < -0.39 is 20.0 Å². The van der Waals surface area contributed by atoms with Crippen molar-refractivity contribution < 1.29 is 21.6 Å². The highest BCUT2D eigenvalue weighted by Crippen LogP contribution is 2.33. The van der Waals surface area contributed by atoms with E-state index in [0.717, 1.165) is 5.56 Å². The van der Waals surface area contributed by atoms with Gasteiger partial charge in [0.15, 0.2) is 0 Å². The second-order valence-corrected chi connectivity index (χ2v) is 11.3. The topological polar surface area (TPSA) is 96.0 Å². The van der Waals surface area contributed by atoms with Gasteiger partial charge in [-0.2, -0.15) is 4.31 Å². The molecule has 0 atom stereocenters. The van der Waals surface area contributed by atoms with Crippen LogP contribution >= 0.6 is 0 Å². The van der Waals surface area contributed by atoms with Gasteiger partial charge in [-0.05, 0) is 49.2 Å². The van der Waals surface area contributed by atoms with Crippen molar-refractivity contribution in [2.24, 2.45) is 0 Å². The lowest BCUT2D eigenvalue weighted by molar-refractivity contribution is 0.123. The van der Waals surface area contributed by atoms with Crippen molar-refractivity contribution >= 4 is 31.4 Å². The predicted octanol–water partition coefficient (Wildman–Crippen LogP) is 2.97. The molecule has 2 aromatic carbocycles. The van der Waals surface area contributed by atoms with Crippen molar-refractivity contribution in [3.05, 3.63) is 47.5 Å². The van der Waals surface area contributed by atoms with Gasteiger partial charge in [-0.15, -0.1) is 0 Å². The van der Waals surface area contributed by atoms with Crippen molar-refractivity contribution in [1.29, 1.82) is 0 Å². The first-order chi connectivity index (χ1) is 15.1. The molecule has 1 saturated heterocycles. The molecular formula is C22H31N3O5S2. The van der Waals surface area contributed by atoms with Gasteiger partial charge in [0.1, 0.15) is 0 Å². The molecule has 0 radical (unpaired) electrons. The Morgan fingerprint density at radius 3 is 2.25 bits per heavy atom. The molecule has 1 heterocycles. The molecule has 0 saturated carbocycles. The minimum absolute atomic E-state index is 0.0527. The lowest BCUT2D eigenvalue weighted by Crippen LogP contribution is -2.37. The van der Waals surface area contributed by atoms with Crippen LogP contribution in [0.2, 0.25) is 0 Å². The molecule has 3 rings (SSSR count). The zero-order chi connectivity index (χ0) is 23.5. The summed E-state index contributed by atoms with van der Waals surface area (Å²) in [7, 11) is -7.69. The van der Waals surface area contributed by atoms with E-state index >= 15 is 0 Å². The quantitative estimate of drug-likeness (QED) is 0.623. The number of anilines is 2. The molecule has 1 aliphatic heterocycles. The Balaban J connectivity index is 2.11. The molecular weight excluding hydrogens is 450 g/mol. The molecule has 1 N–H and O–H groups in total. The van der Waals surface area contributed by atoms with Gasteiger partial charge >= 0.3 is 0 Å². The van der Waals surface area contributed by atoms with Crippen LogP contribution in [-0.2, 0) is 24.8 Å². The molecule has 0 aliphatic carbocycles. The van der Waals surface area contributed by atoms with Crippen molar-refractivity contribution in [1.82, 2.24) is 4.31 Å². The zero-order valence-electron chi connectivity index (χ0n) is 19.0. The maximum absolute atomic E-state index is 13.3. The summed E-state index contributed by atoms with van der Waals surface area (Å²) in [5, 5.41) is 0. The molecule has 0 amide bonds. The maximum Gasteiger partial charge on any atom is 0.262 e. The van der Waals surface area contributed by atoms with E-state index in [0.29, 0.717) is 50.6 Å². The third kappa shape index (κ3) is 5.09. The van der Waals surface area contributed by atoms with E-state index in [-0.39, 0.29) is 15.5 Å². The highest BCUT2D eigenvalue weighted by Gasteiger charge is 2.26. The predicted molar refractivity (Wildman–Crippen MR) is 126 cm³/mol. The maximum atomic E-state index is 13.3. The van der Waals surface area contributed by atoms with Crippen molar-refractivity contribution in [2.45, 2.75) is 37.5 Å². The Morgan fingerprint density at radius 2 is 1.62 bits per heavy atom. The van der Waals surface area contributed by atoms with Gasteiger partial charge < -0.3 is 9.64 Å². The number of ether oxygens (including phenoxy) is 1. The van der Waals surface area contributed by atoms with Gasteiger partial charge in [-0.1, -0.05) is 26.0 Å². The van der Waals surface area contributed by atoms with Crippen LogP contribution in [0.1, 0.15) is 25.0 Å². The Labute approximate surface area is 191 Å². The van der Waals surface area contributed by atoms with Crippen LogP contribution in [0.15, 0.2) is 46.2 Å². The van der Waals surface area contributed by atoms with Crippen LogP contribution in [0.4, 0.5) is 11.4 Å². The average molecular weight is 482 g/mol. The number of sulfonamides is 2. The standard InChI is InChI=1S/C22H31N3O5S2/c1-5-25(6-2)32(28,29)19-9-10-21(24-11-13-30-14-12-24)20(16-19)23-31(26,27)22-15-17(3)7-8-18(22)4/h7-10,15-16,23H,5-6,11-14H2,1-4H3. The van der Waals surface area contributed by atoms with Crippen molar-refractivity contribution in [3.63, 3.8) is 0 Å². The van der Waals surface area contributed by atoms with Crippen molar-refractivity contribution in [3.8, 4) is 0 Å². The Kier molecular flexibility index (Phi) is 7.49. The summed E-state index contributed by atoms with van der Waals surface area (Å²) < 4.78 is 62.2. The number of nitrogens with one attached hydrogen (secondary N) is 1. The van der Waals surface area contributed by atoms with Gasteiger partial charge in [0.05, 0.1) is 34.4 Å². The third-order valence-electron chi connectivity index (χ3n) is 5.54. The number of aryl methyl sites for hydroxylation is 2. The smallest absolute Gasteiger partial charge is 0.262 e. The number of nitrogens with zero attached hydrogens (tertiary/aromatic N) is 2. The lowest BCUT2D eigenvalue weighted by atomic mass is 10.2. The van der Waals surface area contributed by atoms with Crippen LogP contribution in [0.25, 0.3) is 0 Å². The monoisotopic (exact) mass is 481 g/mol. The zero-order valence-corrected chi connectivity index (χ0v) is 20.6. The van der Waals surface area contributed by atoms with Crippen LogP contribution in [-0.4, -0.2) is 60.5 Å². The van der Waals surface area contributed by atoms with Crippen LogP contribution in [0.5, 0.6) is 0 Å². The van der Waals surface area contributed by atoms with Crippen LogP contribution < -0.4 is 9.62 Å². The van der Waals surface area contributed by atoms with Gasteiger partial charge in [0, 0.05) is 26.2 Å². The fourth-order valence-electron chi connectivity index (χ4n) is 3.75. The van der Waals surface area contributed by atoms with E-state index in [2.05, 4.69) is 4.72 Å². The second-order valence-electron chi connectivity index (χ2n) is 7.74.